The van der Waals surface area contributed by atoms with Crippen molar-refractivity contribution in [2.24, 2.45) is 17.8 Å². The first-order valence-corrected chi connectivity index (χ1v) is 10.1. The summed E-state index contributed by atoms with van der Waals surface area (Å²) in [5.74, 6) is 1.88. The van der Waals surface area contributed by atoms with Gasteiger partial charge in [0.05, 0.1) is 5.56 Å². The van der Waals surface area contributed by atoms with Gasteiger partial charge in [0.15, 0.2) is 0 Å². The molecule has 2 saturated carbocycles. The molecule has 1 aromatic carbocycles. The molecule has 3 rings (SSSR count). The minimum Gasteiger partial charge on any atom is -0.459 e. The quantitative estimate of drug-likeness (QED) is 0.598. The third kappa shape index (κ3) is 5.05. The fraction of sp³-hybridized carbons (Fsp3) is 0.682. The number of hydrogen-bond donors (Lipinski definition) is 0. The van der Waals surface area contributed by atoms with Crippen LogP contribution < -0.4 is 0 Å². The van der Waals surface area contributed by atoms with E-state index in [1.165, 1.54) is 63.5 Å². The van der Waals surface area contributed by atoms with Gasteiger partial charge in [0, 0.05) is 0 Å². The lowest BCUT2D eigenvalue weighted by Crippen LogP contribution is -2.29. The van der Waals surface area contributed by atoms with Crippen LogP contribution in [0.1, 0.15) is 81.5 Å². The van der Waals surface area contributed by atoms with Gasteiger partial charge in [-0.15, -0.1) is 0 Å². The molecule has 0 aromatic heterocycles. The first kappa shape index (κ1) is 18.4. The van der Waals surface area contributed by atoms with Gasteiger partial charge < -0.3 is 4.74 Å². The molecule has 0 unspecified atom stereocenters. The molecular formula is C22H31FO2. The van der Waals surface area contributed by atoms with Crippen LogP contribution in [0, 0.1) is 23.6 Å². The standard InChI is InChI=1S/C22H31FO2/c1-2-4-16-7-9-17(10-8-16)18-11-13-21(14-12-18)25-22(24)19-5-3-6-20(23)15-19/h3,5-6,15-18,21H,2,4,7-14H2,1H3/t16-,17-,18-,21-. The van der Waals surface area contributed by atoms with Crippen molar-refractivity contribution in [2.45, 2.75) is 77.2 Å². The summed E-state index contributed by atoms with van der Waals surface area (Å²) >= 11 is 0. The van der Waals surface area contributed by atoms with E-state index in [4.69, 9.17) is 4.74 Å². The van der Waals surface area contributed by atoms with Gasteiger partial charge in [0.25, 0.3) is 0 Å². The summed E-state index contributed by atoms with van der Waals surface area (Å²) < 4.78 is 18.8. The molecule has 2 fully saturated rings. The van der Waals surface area contributed by atoms with E-state index in [-0.39, 0.29) is 12.1 Å². The van der Waals surface area contributed by atoms with Crippen LogP contribution in [0.15, 0.2) is 24.3 Å². The van der Waals surface area contributed by atoms with Crippen molar-refractivity contribution in [1.29, 1.82) is 0 Å². The molecule has 0 radical (unpaired) electrons. The van der Waals surface area contributed by atoms with Crippen molar-refractivity contribution >= 4 is 5.97 Å². The lowest BCUT2D eigenvalue weighted by Gasteiger charge is -2.37. The zero-order chi connectivity index (χ0) is 17.6. The maximum Gasteiger partial charge on any atom is 0.338 e. The normalized spacial score (nSPS) is 30.0. The Kier molecular flexibility index (Phi) is 6.50. The maximum absolute atomic E-state index is 13.2. The molecule has 0 aliphatic heterocycles. The van der Waals surface area contributed by atoms with Gasteiger partial charge in [0.1, 0.15) is 11.9 Å². The van der Waals surface area contributed by atoms with Crippen LogP contribution >= 0.6 is 0 Å². The van der Waals surface area contributed by atoms with Crippen molar-refractivity contribution in [3.63, 3.8) is 0 Å². The molecule has 2 nitrogen and oxygen atoms in total. The molecule has 138 valence electrons. The van der Waals surface area contributed by atoms with Gasteiger partial charge in [-0.3, -0.25) is 0 Å². The Bertz CT molecular complexity index is 555. The van der Waals surface area contributed by atoms with Gasteiger partial charge in [-0.1, -0.05) is 38.7 Å². The number of ether oxygens (including phenoxy) is 1. The fourth-order valence-corrected chi connectivity index (χ4v) is 4.87. The largest absolute Gasteiger partial charge is 0.459 e. The Morgan fingerprint density at radius 3 is 2.28 bits per heavy atom. The monoisotopic (exact) mass is 346 g/mol. The second-order valence-electron chi connectivity index (χ2n) is 8.02. The highest BCUT2D eigenvalue weighted by molar-refractivity contribution is 5.89. The average Bonchev–Trinajstić information content (AvgIpc) is 2.63. The molecule has 0 bridgehead atoms. The van der Waals surface area contributed by atoms with Crippen molar-refractivity contribution < 1.29 is 13.9 Å². The van der Waals surface area contributed by atoms with Crippen LogP contribution in [0.4, 0.5) is 4.39 Å². The second kappa shape index (κ2) is 8.82. The molecule has 2 aliphatic carbocycles. The molecule has 0 spiro atoms. The van der Waals surface area contributed by atoms with E-state index in [2.05, 4.69) is 6.92 Å². The van der Waals surface area contributed by atoms with Gasteiger partial charge in [0.2, 0.25) is 0 Å². The fourth-order valence-electron chi connectivity index (χ4n) is 4.87. The molecule has 2 aliphatic rings. The number of hydrogen-bond acceptors (Lipinski definition) is 2. The summed E-state index contributed by atoms with van der Waals surface area (Å²) in [5.41, 5.74) is 0.316. The van der Waals surface area contributed by atoms with E-state index < -0.39 is 5.82 Å². The summed E-state index contributed by atoms with van der Waals surface area (Å²) in [4.78, 5) is 12.2. The maximum atomic E-state index is 13.2. The Morgan fingerprint density at radius 2 is 1.68 bits per heavy atom. The minimum atomic E-state index is -0.392. The van der Waals surface area contributed by atoms with Crippen LogP contribution in [0.25, 0.3) is 0 Å². The van der Waals surface area contributed by atoms with Crippen LogP contribution in [0.5, 0.6) is 0 Å². The van der Waals surface area contributed by atoms with E-state index in [1.807, 2.05) is 0 Å². The topological polar surface area (TPSA) is 26.3 Å². The predicted molar refractivity (Wildman–Crippen MR) is 97.9 cm³/mol. The smallest absolute Gasteiger partial charge is 0.338 e. The summed E-state index contributed by atoms with van der Waals surface area (Å²) in [5, 5.41) is 0. The first-order valence-electron chi connectivity index (χ1n) is 10.1. The van der Waals surface area contributed by atoms with Crippen molar-refractivity contribution in [3.8, 4) is 0 Å². The first-order chi connectivity index (χ1) is 12.2. The third-order valence-corrected chi connectivity index (χ3v) is 6.31. The van der Waals surface area contributed by atoms with Crippen LogP contribution in [-0.4, -0.2) is 12.1 Å². The number of halogens is 1. The summed E-state index contributed by atoms with van der Waals surface area (Å²) in [7, 11) is 0. The lowest BCUT2D eigenvalue weighted by atomic mass is 9.70. The number of carbonyl (C=O) groups is 1. The number of benzene rings is 1. The van der Waals surface area contributed by atoms with Gasteiger partial charge >= 0.3 is 5.97 Å². The molecule has 25 heavy (non-hydrogen) atoms. The summed E-state index contributed by atoms with van der Waals surface area (Å²) in [6.07, 6.45) is 12.6. The summed E-state index contributed by atoms with van der Waals surface area (Å²) in [6, 6.07) is 5.77. The molecule has 0 heterocycles. The van der Waals surface area contributed by atoms with Crippen LogP contribution in [0.2, 0.25) is 0 Å². The Labute approximate surface area is 151 Å². The highest BCUT2D eigenvalue weighted by atomic mass is 19.1. The molecule has 3 heteroatoms. The van der Waals surface area contributed by atoms with Gasteiger partial charge in [-0.05, 0) is 74.5 Å². The SMILES string of the molecule is CCC[C@H]1CC[C@H]([C@H]2CC[C@H](OC(=O)c3cccc(F)c3)CC2)CC1. The van der Waals surface area contributed by atoms with Crippen molar-refractivity contribution in [3.05, 3.63) is 35.6 Å². The number of carbonyl (C=O) groups excluding carboxylic acids is 1. The Hall–Kier alpha value is -1.38. The highest BCUT2D eigenvalue weighted by Crippen LogP contribution is 2.41. The Balaban J connectivity index is 1.42. The van der Waals surface area contributed by atoms with Crippen molar-refractivity contribution in [1.82, 2.24) is 0 Å². The third-order valence-electron chi connectivity index (χ3n) is 6.31. The predicted octanol–water partition coefficient (Wildman–Crippen LogP) is 6.15. The van der Waals surface area contributed by atoms with Gasteiger partial charge in [-0.25, -0.2) is 9.18 Å². The zero-order valence-electron chi connectivity index (χ0n) is 15.4. The van der Waals surface area contributed by atoms with Crippen LogP contribution in [0.3, 0.4) is 0 Å². The number of esters is 1. The van der Waals surface area contributed by atoms with E-state index in [0.29, 0.717) is 5.56 Å². The molecule has 0 amide bonds. The van der Waals surface area contributed by atoms with Crippen LogP contribution in [-0.2, 0) is 4.74 Å². The highest BCUT2D eigenvalue weighted by Gasteiger charge is 2.31. The lowest BCUT2D eigenvalue weighted by molar-refractivity contribution is 0.0109. The summed E-state index contributed by atoms with van der Waals surface area (Å²) in [6.45, 7) is 2.29. The molecule has 0 atom stereocenters. The zero-order valence-corrected chi connectivity index (χ0v) is 15.4. The second-order valence-corrected chi connectivity index (χ2v) is 8.02. The van der Waals surface area contributed by atoms with E-state index >= 15 is 0 Å². The van der Waals surface area contributed by atoms with E-state index in [1.54, 1.807) is 12.1 Å². The Morgan fingerprint density at radius 1 is 1.04 bits per heavy atom. The van der Waals surface area contributed by atoms with Crippen molar-refractivity contribution in [2.75, 3.05) is 0 Å². The average molecular weight is 346 g/mol. The molecule has 0 N–H and O–H groups in total. The van der Waals surface area contributed by atoms with Gasteiger partial charge in [-0.2, -0.15) is 0 Å². The van der Waals surface area contributed by atoms with E-state index in [0.717, 1.165) is 30.6 Å². The van der Waals surface area contributed by atoms with E-state index in [9.17, 15) is 9.18 Å². The molecule has 1 aromatic rings. The minimum absolute atomic E-state index is 0.00319. The molecule has 0 saturated heterocycles. The molecular weight excluding hydrogens is 315 g/mol. The number of rotatable bonds is 5.